The van der Waals surface area contributed by atoms with Crippen molar-refractivity contribution in [2.75, 3.05) is 6.61 Å². The monoisotopic (exact) mass is 276 g/mol. The normalized spacial score (nSPS) is 32.7. The van der Waals surface area contributed by atoms with Crippen LogP contribution in [0.5, 0.6) is 0 Å². The number of hydrogen-bond acceptors (Lipinski definition) is 5. The average molecular weight is 276 g/mol. The van der Waals surface area contributed by atoms with Crippen LogP contribution in [0.2, 0.25) is 0 Å². The highest BCUT2D eigenvalue weighted by molar-refractivity contribution is 7.10. The molecule has 0 aromatic carbocycles. The van der Waals surface area contributed by atoms with Crippen molar-refractivity contribution in [3.05, 3.63) is 0 Å². The fraction of sp³-hybridized carbons (Fsp3) is 0.857. The molecule has 0 bridgehead atoms. The van der Waals surface area contributed by atoms with Gasteiger partial charge in [-0.15, -0.1) is 0 Å². The summed E-state index contributed by atoms with van der Waals surface area (Å²) in [5.74, 6) is -4.26. The Balaban J connectivity index is 2.78. The molecule has 0 amide bonds. The predicted molar refractivity (Wildman–Crippen MR) is 55.6 cm³/mol. The first kappa shape index (κ1) is 14.1. The van der Waals surface area contributed by atoms with Gasteiger partial charge < -0.3 is 18.5 Å². The Morgan fingerprint density at radius 3 is 2.56 bits per heavy atom. The summed E-state index contributed by atoms with van der Waals surface area (Å²) in [6.07, 6.45) is -4.49. The first-order valence-electron chi connectivity index (χ1n) is 4.31. The molecule has 0 saturated carbocycles. The molecule has 0 radical (unpaired) electrons. The van der Waals surface area contributed by atoms with Crippen LogP contribution in [0.15, 0.2) is 0 Å². The number of carbonyl (C=O) groups is 1. The van der Waals surface area contributed by atoms with Crippen LogP contribution in [-0.4, -0.2) is 37.0 Å². The third-order valence-corrected chi connectivity index (χ3v) is 2.50. The molecule has 0 aliphatic carbocycles. The number of halogens is 2. The molecule has 16 heavy (non-hydrogen) atoms. The van der Waals surface area contributed by atoms with Gasteiger partial charge in [0.15, 0.2) is 6.10 Å². The Hall–Kier alpha value is 0.0700. The highest BCUT2D eigenvalue weighted by atomic mass is 31.0. The summed E-state index contributed by atoms with van der Waals surface area (Å²) in [7, 11) is 3.65. The summed E-state index contributed by atoms with van der Waals surface area (Å²) in [6, 6.07) is 0. The first-order valence-corrected chi connectivity index (χ1v) is 5.25. The minimum Gasteiger partial charge on any atom is -0.429 e. The minimum absolute atomic E-state index is 0.114. The number of hydrogen-bond donors (Lipinski definition) is 0. The van der Waals surface area contributed by atoms with Gasteiger partial charge in [-0.05, 0) is 0 Å². The Bertz CT molecular complexity index is 265. The fourth-order valence-electron chi connectivity index (χ4n) is 1.36. The quantitative estimate of drug-likeness (QED) is 0.564. The van der Waals surface area contributed by atoms with E-state index >= 15 is 0 Å². The lowest BCUT2D eigenvalue weighted by atomic mass is 10.1. The summed E-state index contributed by atoms with van der Waals surface area (Å²) < 4.78 is 45.6. The molecule has 1 heterocycles. The van der Waals surface area contributed by atoms with Crippen molar-refractivity contribution in [2.24, 2.45) is 0 Å². The van der Waals surface area contributed by atoms with Gasteiger partial charge in [0.1, 0.15) is 6.10 Å². The van der Waals surface area contributed by atoms with Crippen molar-refractivity contribution in [1.29, 1.82) is 0 Å². The Labute approximate surface area is 95.7 Å². The fourth-order valence-corrected chi connectivity index (χ4v) is 1.91. The molecule has 0 aromatic heterocycles. The van der Waals surface area contributed by atoms with Gasteiger partial charge in [0.05, 0.1) is 6.61 Å². The lowest BCUT2D eigenvalue weighted by Gasteiger charge is -2.21. The minimum atomic E-state index is -3.42. The average Bonchev–Trinajstić information content (AvgIpc) is 2.38. The smallest absolute Gasteiger partial charge is 0.337 e. The largest absolute Gasteiger partial charge is 0.429 e. The third-order valence-electron chi connectivity index (χ3n) is 2.01. The van der Waals surface area contributed by atoms with E-state index in [1.807, 2.05) is 9.47 Å². The lowest BCUT2D eigenvalue weighted by Crippen LogP contribution is -2.42. The van der Waals surface area contributed by atoms with Gasteiger partial charge in [0.2, 0.25) is 0 Å². The number of esters is 1. The molecular formula is C7H12F2O5P2. The molecule has 5 nitrogen and oxygen atoms in total. The zero-order valence-corrected chi connectivity index (χ0v) is 10.7. The second-order valence-electron chi connectivity index (χ2n) is 3.18. The van der Waals surface area contributed by atoms with E-state index in [1.54, 1.807) is 9.47 Å². The van der Waals surface area contributed by atoms with Crippen LogP contribution < -0.4 is 0 Å². The molecule has 1 aliphatic heterocycles. The number of carbonyl (C=O) groups excluding carboxylic acids is 1. The Kier molecular flexibility index (Phi) is 4.95. The molecule has 0 spiro atoms. The standard InChI is InChI=1S/C7H12F2O5P2/c1-3(10)12-6-7(8,9)5(14-16)4(13-6)2-11-15/h4-6H,2,15-16H2,1H3/t4-,5?,6?/m1/s1. The van der Waals surface area contributed by atoms with Crippen LogP contribution >= 0.6 is 18.9 Å². The molecule has 94 valence electrons. The predicted octanol–water partition coefficient (Wildman–Crippen LogP) is 0.892. The van der Waals surface area contributed by atoms with Gasteiger partial charge in [-0.25, -0.2) is 0 Å². The summed E-state index contributed by atoms with van der Waals surface area (Å²) in [5.41, 5.74) is 0. The maximum absolute atomic E-state index is 13.6. The van der Waals surface area contributed by atoms with Crippen LogP contribution in [0.4, 0.5) is 8.78 Å². The van der Waals surface area contributed by atoms with E-state index in [9.17, 15) is 13.6 Å². The highest BCUT2D eigenvalue weighted by Crippen LogP contribution is 2.40. The van der Waals surface area contributed by atoms with Gasteiger partial charge in [0, 0.05) is 25.9 Å². The molecule has 5 atom stereocenters. The number of ether oxygens (including phenoxy) is 2. The number of alkyl halides is 2. The van der Waals surface area contributed by atoms with Crippen LogP contribution in [0.25, 0.3) is 0 Å². The molecule has 0 aromatic rings. The van der Waals surface area contributed by atoms with Crippen molar-refractivity contribution in [3.63, 3.8) is 0 Å². The van der Waals surface area contributed by atoms with E-state index in [4.69, 9.17) is 4.74 Å². The van der Waals surface area contributed by atoms with E-state index in [2.05, 4.69) is 13.8 Å². The van der Waals surface area contributed by atoms with Crippen molar-refractivity contribution in [2.45, 2.75) is 31.3 Å². The van der Waals surface area contributed by atoms with E-state index in [0.29, 0.717) is 0 Å². The molecular weight excluding hydrogens is 264 g/mol. The van der Waals surface area contributed by atoms with Gasteiger partial charge in [-0.3, -0.25) is 4.79 Å². The van der Waals surface area contributed by atoms with Gasteiger partial charge in [-0.1, -0.05) is 0 Å². The molecule has 1 fully saturated rings. The summed E-state index contributed by atoms with van der Waals surface area (Å²) in [5, 5.41) is 0. The van der Waals surface area contributed by atoms with Gasteiger partial charge in [0.25, 0.3) is 6.29 Å². The third kappa shape index (κ3) is 2.84. The van der Waals surface area contributed by atoms with Crippen LogP contribution in [0.1, 0.15) is 6.92 Å². The van der Waals surface area contributed by atoms with Crippen LogP contribution in [0, 0.1) is 0 Å². The maximum atomic E-state index is 13.6. The Morgan fingerprint density at radius 2 is 2.12 bits per heavy atom. The van der Waals surface area contributed by atoms with E-state index in [-0.39, 0.29) is 6.61 Å². The van der Waals surface area contributed by atoms with Crippen molar-refractivity contribution in [3.8, 4) is 0 Å². The SMILES string of the molecule is CC(=O)OC1O[C@H](COP)C(OP)C1(F)F. The van der Waals surface area contributed by atoms with Gasteiger partial charge in [-0.2, -0.15) is 8.78 Å². The maximum Gasteiger partial charge on any atom is 0.337 e. The molecule has 4 unspecified atom stereocenters. The first-order chi connectivity index (χ1) is 7.43. The summed E-state index contributed by atoms with van der Waals surface area (Å²) >= 11 is 0. The molecule has 9 heteroatoms. The second-order valence-corrected chi connectivity index (χ2v) is 3.79. The highest BCUT2D eigenvalue weighted by Gasteiger charge is 2.61. The summed E-state index contributed by atoms with van der Waals surface area (Å²) in [4.78, 5) is 10.6. The van der Waals surface area contributed by atoms with E-state index < -0.39 is 30.4 Å². The van der Waals surface area contributed by atoms with Crippen LogP contribution in [-0.2, 0) is 23.3 Å². The zero-order valence-electron chi connectivity index (χ0n) is 8.39. The molecule has 1 saturated heterocycles. The van der Waals surface area contributed by atoms with Crippen LogP contribution in [0.3, 0.4) is 0 Å². The van der Waals surface area contributed by atoms with E-state index in [1.165, 1.54) is 0 Å². The topological polar surface area (TPSA) is 54.0 Å². The molecule has 1 rings (SSSR count). The summed E-state index contributed by atoms with van der Waals surface area (Å²) in [6.45, 7) is 0.909. The second kappa shape index (κ2) is 5.61. The number of rotatable bonds is 4. The van der Waals surface area contributed by atoms with Crippen molar-refractivity contribution >= 4 is 24.9 Å². The lowest BCUT2D eigenvalue weighted by molar-refractivity contribution is -0.221. The van der Waals surface area contributed by atoms with Gasteiger partial charge >= 0.3 is 11.9 Å². The zero-order chi connectivity index (χ0) is 12.3. The van der Waals surface area contributed by atoms with Crippen molar-refractivity contribution < 1.29 is 32.1 Å². The van der Waals surface area contributed by atoms with E-state index in [0.717, 1.165) is 6.92 Å². The Morgan fingerprint density at radius 1 is 1.50 bits per heavy atom. The van der Waals surface area contributed by atoms with Crippen molar-refractivity contribution in [1.82, 2.24) is 0 Å². The molecule has 1 aliphatic rings. The molecule has 0 N–H and O–H groups in total.